The van der Waals surface area contributed by atoms with Gasteiger partial charge in [-0.1, -0.05) is 22.0 Å². The molecular formula is C15H21BrN2O2. The molecule has 1 heterocycles. The second-order valence-electron chi connectivity index (χ2n) is 5.26. The van der Waals surface area contributed by atoms with Crippen molar-refractivity contribution in [3.63, 3.8) is 0 Å². The first-order valence-electron chi connectivity index (χ1n) is 7.01. The predicted octanol–water partition coefficient (Wildman–Crippen LogP) is 1.94. The van der Waals surface area contributed by atoms with Gasteiger partial charge in [-0.2, -0.15) is 0 Å². The fourth-order valence-electron chi connectivity index (χ4n) is 2.47. The number of rotatable bonds is 5. The first-order chi connectivity index (χ1) is 9.58. The fraction of sp³-hybridized carbons (Fsp3) is 0.533. The molecule has 2 N–H and O–H groups in total. The largest absolute Gasteiger partial charge is 0.392 e. The molecule has 1 unspecified atom stereocenters. The second-order valence-corrected chi connectivity index (χ2v) is 6.12. The van der Waals surface area contributed by atoms with Gasteiger partial charge in [0.1, 0.15) is 0 Å². The molecule has 0 saturated carbocycles. The van der Waals surface area contributed by atoms with Gasteiger partial charge in [0.2, 0.25) is 0 Å². The summed E-state index contributed by atoms with van der Waals surface area (Å²) in [4.78, 5) is 14.3. The number of halogens is 1. The maximum atomic E-state index is 12.1. The van der Waals surface area contributed by atoms with Crippen molar-refractivity contribution < 1.29 is 9.90 Å². The third-order valence-corrected chi connectivity index (χ3v) is 4.56. The highest BCUT2D eigenvalue weighted by Gasteiger charge is 2.19. The van der Waals surface area contributed by atoms with Gasteiger partial charge in [-0.25, -0.2) is 0 Å². The molecule has 1 fully saturated rings. The number of carbonyl (C=O) groups is 1. The fourth-order valence-corrected chi connectivity index (χ4v) is 2.83. The van der Waals surface area contributed by atoms with E-state index < -0.39 is 0 Å². The number of aliphatic hydroxyl groups excluding tert-OH is 1. The van der Waals surface area contributed by atoms with Crippen LogP contribution in [0.4, 0.5) is 0 Å². The lowest BCUT2D eigenvalue weighted by atomic mass is 10.1. The SMILES string of the molecule is Cc1c(Br)cccc1C(=O)NCCCN1CCC(O)C1. The van der Waals surface area contributed by atoms with E-state index in [4.69, 9.17) is 0 Å². The number of nitrogens with zero attached hydrogens (tertiary/aromatic N) is 1. The minimum absolute atomic E-state index is 0.0229. The zero-order chi connectivity index (χ0) is 14.5. The minimum Gasteiger partial charge on any atom is -0.392 e. The van der Waals surface area contributed by atoms with Crippen LogP contribution in [-0.2, 0) is 0 Å². The number of benzene rings is 1. The summed E-state index contributed by atoms with van der Waals surface area (Å²) in [6.07, 6.45) is 1.60. The molecule has 0 bridgehead atoms. The van der Waals surface area contributed by atoms with Gasteiger partial charge in [-0.3, -0.25) is 4.79 Å². The molecule has 1 atom stereocenters. The smallest absolute Gasteiger partial charge is 0.251 e. The zero-order valence-corrected chi connectivity index (χ0v) is 13.3. The van der Waals surface area contributed by atoms with E-state index in [1.165, 1.54) is 0 Å². The van der Waals surface area contributed by atoms with Crippen molar-refractivity contribution in [2.45, 2.75) is 25.9 Å². The van der Waals surface area contributed by atoms with E-state index in [1.54, 1.807) is 0 Å². The first-order valence-corrected chi connectivity index (χ1v) is 7.81. The lowest BCUT2D eigenvalue weighted by Gasteiger charge is -2.15. The molecule has 0 spiro atoms. The number of aliphatic hydroxyl groups is 1. The molecule has 1 aromatic rings. The van der Waals surface area contributed by atoms with Crippen LogP contribution in [0.5, 0.6) is 0 Å². The maximum absolute atomic E-state index is 12.1. The van der Waals surface area contributed by atoms with Crippen molar-refractivity contribution in [3.8, 4) is 0 Å². The van der Waals surface area contributed by atoms with Gasteiger partial charge in [0.25, 0.3) is 5.91 Å². The Morgan fingerprint density at radius 3 is 3.05 bits per heavy atom. The van der Waals surface area contributed by atoms with Crippen LogP contribution in [0.2, 0.25) is 0 Å². The van der Waals surface area contributed by atoms with Crippen LogP contribution >= 0.6 is 15.9 Å². The van der Waals surface area contributed by atoms with Crippen LogP contribution in [0.15, 0.2) is 22.7 Å². The summed E-state index contributed by atoms with van der Waals surface area (Å²) in [5, 5.41) is 12.4. The molecule has 1 amide bonds. The van der Waals surface area contributed by atoms with Crippen LogP contribution in [0.25, 0.3) is 0 Å². The normalized spacial score (nSPS) is 19.2. The number of hydrogen-bond acceptors (Lipinski definition) is 3. The molecule has 1 saturated heterocycles. The van der Waals surface area contributed by atoms with Crippen molar-refractivity contribution in [3.05, 3.63) is 33.8 Å². The Morgan fingerprint density at radius 1 is 1.55 bits per heavy atom. The summed E-state index contributed by atoms with van der Waals surface area (Å²) in [6, 6.07) is 5.65. The highest BCUT2D eigenvalue weighted by atomic mass is 79.9. The molecular weight excluding hydrogens is 320 g/mol. The standard InChI is InChI=1S/C15H21BrN2O2/c1-11-13(4-2-5-14(11)16)15(20)17-7-3-8-18-9-6-12(19)10-18/h2,4-5,12,19H,3,6-10H2,1H3,(H,17,20). The van der Waals surface area contributed by atoms with Crippen LogP contribution < -0.4 is 5.32 Å². The summed E-state index contributed by atoms with van der Waals surface area (Å²) in [5.41, 5.74) is 1.68. The zero-order valence-electron chi connectivity index (χ0n) is 11.7. The van der Waals surface area contributed by atoms with Crippen molar-refractivity contribution in [1.29, 1.82) is 0 Å². The highest BCUT2D eigenvalue weighted by molar-refractivity contribution is 9.10. The Morgan fingerprint density at radius 2 is 2.35 bits per heavy atom. The van der Waals surface area contributed by atoms with E-state index in [-0.39, 0.29) is 12.0 Å². The van der Waals surface area contributed by atoms with Crippen LogP contribution in [0, 0.1) is 6.92 Å². The van der Waals surface area contributed by atoms with E-state index in [0.29, 0.717) is 6.54 Å². The average Bonchev–Trinajstić information content (AvgIpc) is 2.83. The number of nitrogens with one attached hydrogen (secondary N) is 1. The van der Waals surface area contributed by atoms with Gasteiger partial charge in [0.05, 0.1) is 6.10 Å². The molecule has 1 aliphatic heterocycles. The molecule has 4 nitrogen and oxygen atoms in total. The van der Waals surface area contributed by atoms with E-state index >= 15 is 0 Å². The van der Waals surface area contributed by atoms with Gasteiger partial charge < -0.3 is 15.3 Å². The van der Waals surface area contributed by atoms with Gasteiger partial charge in [-0.15, -0.1) is 0 Å². The van der Waals surface area contributed by atoms with Gasteiger partial charge in [0, 0.05) is 29.7 Å². The lowest BCUT2D eigenvalue weighted by molar-refractivity contribution is 0.0950. The van der Waals surface area contributed by atoms with E-state index in [1.807, 2.05) is 25.1 Å². The number of hydrogen-bond donors (Lipinski definition) is 2. The van der Waals surface area contributed by atoms with Crippen LogP contribution in [0.3, 0.4) is 0 Å². The van der Waals surface area contributed by atoms with Gasteiger partial charge >= 0.3 is 0 Å². The Kier molecular flexibility index (Phi) is 5.57. The Hall–Kier alpha value is -0.910. The Bertz CT molecular complexity index is 479. The summed E-state index contributed by atoms with van der Waals surface area (Å²) in [5.74, 6) is -0.0229. The van der Waals surface area contributed by atoms with Gasteiger partial charge in [0.15, 0.2) is 0 Å². The Balaban J connectivity index is 1.74. The van der Waals surface area contributed by atoms with Crippen molar-refractivity contribution in [2.24, 2.45) is 0 Å². The molecule has 1 aromatic carbocycles. The topological polar surface area (TPSA) is 52.6 Å². The highest BCUT2D eigenvalue weighted by Crippen LogP contribution is 2.19. The van der Waals surface area contributed by atoms with Crippen molar-refractivity contribution in [2.75, 3.05) is 26.2 Å². The van der Waals surface area contributed by atoms with E-state index in [9.17, 15) is 9.90 Å². The van der Waals surface area contributed by atoms with Crippen LogP contribution in [0.1, 0.15) is 28.8 Å². The molecule has 5 heteroatoms. The second kappa shape index (κ2) is 7.20. The Labute approximate surface area is 128 Å². The number of β-amino-alcohol motifs (C(OH)–C–C–N with tert-alkyl or cyclic N) is 1. The average molecular weight is 341 g/mol. The van der Waals surface area contributed by atoms with Gasteiger partial charge in [-0.05, 0) is 44.0 Å². The molecule has 1 aliphatic rings. The third-order valence-electron chi connectivity index (χ3n) is 3.70. The molecule has 0 aliphatic carbocycles. The molecule has 0 aromatic heterocycles. The first kappa shape index (κ1) is 15.5. The third kappa shape index (κ3) is 4.04. The number of likely N-dealkylation sites (tertiary alicyclic amines) is 1. The summed E-state index contributed by atoms with van der Waals surface area (Å²) >= 11 is 3.44. The lowest BCUT2D eigenvalue weighted by Crippen LogP contribution is -2.29. The van der Waals surface area contributed by atoms with E-state index in [0.717, 1.165) is 48.1 Å². The molecule has 110 valence electrons. The summed E-state index contributed by atoms with van der Waals surface area (Å²) < 4.78 is 0.955. The molecule has 0 radical (unpaired) electrons. The van der Waals surface area contributed by atoms with Crippen LogP contribution in [-0.4, -0.2) is 48.2 Å². The summed E-state index contributed by atoms with van der Waals surface area (Å²) in [7, 11) is 0. The van der Waals surface area contributed by atoms with Crippen molar-refractivity contribution in [1.82, 2.24) is 10.2 Å². The van der Waals surface area contributed by atoms with E-state index in [2.05, 4.69) is 26.1 Å². The summed E-state index contributed by atoms with van der Waals surface area (Å²) in [6.45, 7) is 5.25. The maximum Gasteiger partial charge on any atom is 0.251 e. The van der Waals surface area contributed by atoms with Crippen molar-refractivity contribution >= 4 is 21.8 Å². The molecule has 2 rings (SSSR count). The predicted molar refractivity (Wildman–Crippen MR) is 82.9 cm³/mol. The molecule has 20 heavy (non-hydrogen) atoms. The number of carbonyl (C=O) groups excluding carboxylic acids is 1. The quantitative estimate of drug-likeness (QED) is 0.805. The number of amides is 1. The minimum atomic E-state index is -0.172. The monoisotopic (exact) mass is 340 g/mol.